The SMILES string of the molecule is Nn1c(SCc2ccccc2)nnc(Nc2ccc(Cl)c(C(F)(F)F)c2)c1=O. The minimum atomic E-state index is -4.63. The lowest BCUT2D eigenvalue weighted by Gasteiger charge is -2.12. The molecule has 11 heteroatoms. The number of hydrogen-bond donors (Lipinski definition) is 2. The highest BCUT2D eigenvalue weighted by atomic mass is 35.5. The Labute approximate surface area is 166 Å². The summed E-state index contributed by atoms with van der Waals surface area (Å²) in [5.41, 5.74) is -0.776. The van der Waals surface area contributed by atoms with Crippen molar-refractivity contribution < 1.29 is 13.2 Å². The van der Waals surface area contributed by atoms with E-state index in [0.717, 1.165) is 22.4 Å². The molecule has 1 heterocycles. The van der Waals surface area contributed by atoms with Crippen molar-refractivity contribution in [2.24, 2.45) is 0 Å². The van der Waals surface area contributed by atoms with Crippen LogP contribution in [-0.2, 0) is 11.9 Å². The van der Waals surface area contributed by atoms with Crippen molar-refractivity contribution in [1.29, 1.82) is 0 Å². The Hall–Kier alpha value is -2.72. The molecular formula is C17H13ClF3N5OS. The van der Waals surface area contributed by atoms with Crippen LogP contribution in [0.5, 0.6) is 0 Å². The van der Waals surface area contributed by atoms with Crippen LogP contribution in [-0.4, -0.2) is 14.9 Å². The standard InChI is InChI=1S/C17H13ClF3N5OS/c18-13-7-6-11(8-12(13)17(19,20)21)23-14-15(27)26(22)16(25-24-14)28-9-10-4-2-1-3-5-10/h1-8H,9,22H2,(H,23,24). The molecule has 0 aliphatic carbocycles. The van der Waals surface area contributed by atoms with Crippen LogP contribution in [0.3, 0.4) is 0 Å². The van der Waals surface area contributed by atoms with Crippen molar-refractivity contribution in [3.63, 3.8) is 0 Å². The molecule has 0 aliphatic rings. The molecule has 0 saturated carbocycles. The van der Waals surface area contributed by atoms with Crippen molar-refractivity contribution in [2.45, 2.75) is 17.1 Å². The number of nitrogens with two attached hydrogens (primary N) is 1. The van der Waals surface area contributed by atoms with E-state index in [-0.39, 0.29) is 16.7 Å². The minimum absolute atomic E-state index is 0.0205. The molecule has 0 aliphatic heterocycles. The molecule has 0 unspecified atom stereocenters. The van der Waals surface area contributed by atoms with E-state index in [1.807, 2.05) is 30.3 Å². The predicted molar refractivity (Wildman–Crippen MR) is 102 cm³/mol. The lowest BCUT2D eigenvalue weighted by molar-refractivity contribution is -0.137. The third-order valence-electron chi connectivity index (χ3n) is 3.61. The first-order chi connectivity index (χ1) is 13.3. The number of nitrogens with zero attached hydrogens (tertiary/aromatic N) is 3. The van der Waals surface area contributed by atoms with Gasteiger partial charge in [-0.1, -0.05) is 53.7 Å². The highest BCUT2D eigenvalue weighted by Crippen LogP contribution is 2.36. The van der Waals surface area contributed by atoms with Crippen molar-refractivity contribution in [2.75, 3.05) is 11.2 Å². The van der Waals surface area contributed by atoms with E-state index >= 15 is 0 Å². The Balaban J connectivity index is 1.81. The molecule has 0 atom stereocenters. The van der Waals surface area contributed by atoms with Gasteiger partial charge in [0, 0.05) is 11.4 Å². The number of thioether (sulfide) groups is 1. The number of halogens is 4. The Kier molecular flexibility index (Phi) is 5.80. The van der Waals surface area contributed by atoms with Crippen LogP contribution < -0.4 is 16.7 Å². The van der Waals surface area contributed by atoms with Crippen LogP contribution in [0.25, 0.3) is 0 Å². The molecule has 3 aromatic rings. The van der Waals surface area contributed by atoms with Gasteiger partial charge in [-0.2, -0.15) is 17.8 Å². The Bertz CT molecular complexity index is 1040. The third kappa shape index (κ3) is 4.57. The van der Waals surface area contributed by atoms with Gasteiger partial charge in [0.25, 0.3) is 0 Å². The van der Waals surface area contributed by atoms with Crippen LogP contribution in [0.15, 0.2) is 58.5 Å². The van der Waals surface area contributed by atoms with Gasteiger partial charge in [-0.15, -0.1) is 10.2 Å². The average Bonchev–Trinajstić information content (AvgIpc) is 2.66. The summed E-state index contributed by atoms with van der Waals surface area (Å²) in [7, 11) is 0. The molecule has 1 aromatic heterocycles. The summed E-state index contributed by atoms with van der Waals surface area (Å²) in [6, 6.07) is 12.6. The Morgan fingerprint density at radius 1 is 1.14 bits per heavy atom. The second-order valence-electron chi connectivity index (χ2n) is 5.60. The van der Waals surface area contributed by atoms with Crippen molar-refractivity contribution >= 4 is 34.9 Å². The zero-order valence-electron chi connectivity index (χ0n) is 14.1. The van der Waals surface area contributed by atoms with Gasteiger partial charge >= 0.3 is 11.7 Å². The predicted octanol–water partition coefficient (Wildman–Crippen LogP) is 4.06. The van der Waals surface area contributed by atoms with Crippen LogP contribution in [0.2, 0.25) is 5.02 Å². The number of aromatic nitrogens is 3. The van der Waals surface area contributed by atoms with Gasteiger partial charge in [-0.05, 0) is 23.8 Å². The lowest BCUT2D eigenvalue weighted by Crippen LogP contribution is -2.32. The molecular weight excluding hydrogens is 415 g/mol. The summed E-state index contributed by atoms with van der Waals surface area (Å²) in [5.74, 6) is 5.98. The monoisotopic (exact) mass is 427 g/mol. The molecule has 0 saturated heterocycles. The molecule has 6 nitrogen and oxygen atoms in total. The number of nitrogens with one attached hydrogen (secondary N) is 1. The second-order valence-corrected chi connectivity index (χ2v) is 6.95. The van der Waals surface area contributed by atoms with E-state index in [0.29, 0.717) is 5.75 Å². The Morgan fingerprint density at radius 3 is 2.54 bits per heavy atom. The summed E-state index contributed by atoms with van der Waals surface area (Å²) in [4.78, 5) is 12.4. The van der Waals surface area contributed by atoms with E-state index in [1.54, 1.807) is 0 Å². The molecule has 146 valence electrons. The first-order valence-corrected chi connectivity index (χ1v) is 9.17. The fourth-order valence-corrected chi connectivity index (χ4v) is 3.27. The number of hydrogen-bond acceptors (Lipinski definition) is 6. The highest BCUT2D eigenvalue weighted by Gasteiger charge is 2.33. The van der Waals surface area contributed by atoms with E-state index in [1.165, 1.54) is 17.8 Å². The maximum Gasteiger partial charge on any atom is 0.417 e. The number of benzene rings is 2. The smallest absolute Gasteiger partial charge is 0.334 e. The Morgan fingerprint density at radius 2 is 1.86 bits per heavy atom. The molecule has 3 rings (SSSR count). The van der Waals surface area contributed by atoms with Gasteiger partial charge in [-0.3, -0.25) is 4.79 Å². The zero-order valence-corrected chi connectivity index (χ0v) is 15.6. The van der Waals surface area contributed by atoms with E-state index < -0.39 is 22.3 Å². The molecule has 3 N–H and O–H groups in total. The first-order valence-electron chi connectivity index (χ1n) is 7.81. The van der Waals surface area contributed by atoms with Crippen molar-refractivity contribution in [3.05, 3.63) is 75.0 Å². The summed E-state index contributed by atoms with van der Waals surface area (Å²) < 4.78 is 39.7. The molecule has 0 fully saturated rings. The molecule has 0 spiro atoms. The number of rotatable bonds is 5. The normalized spacial score (nSPS) is 11.4. The lowest BCUT2D eigenvalue weighted by atomic mass is 10.2. The van der Waals surface area contributed by atoms with Gasteiger partial charge in [0.2, 0.25) is 11.0 Å². The highest BCUT2D eigenvalue weighted by molar-refractivity contribution is 7.98. The van der Waals surface area contributed by atoms with Crippen LogP contribution in [0.1, 0.15) is 11.1 Å². The fraction of sp³-hybridized carbons (Fsp3) is 0.118. The third-order valence-corrected chi connectivity index (χ3v) is 4.95. The largest absolute Gasteiger partial charge is 0.417 e. The van der Waals surface area contributed by atoms with Crippen LogP contribution in [0.4, 0.5) is 24.7 Å². The van der Waals surface area contributed by atoms with Crippen LogP contribution in [0, 0.1) is 0 Å². The maximum absolute atomic E-state index is 13.0. The average molecular weight is 428 g/mol. The first kappa shape index (κ1) is 20.0. The fourth-order valence-electron chi connectivity index (χ4n) is 2.24. The summed E-state index contributed by atoms with van der Waals surface area (Å²) in [6.07, 6.45) is -4.63. The maximum atomic E-state index is 13.0. The van der Waals surface area contributed by atoms with Gasteiger partial charge in [0.15, 0.2) is 0 Å². The molecule has 28 heavy (non-hydrogen) atoms. The quantitative estimate of drug-likeness (QED) is 0.471. The molecule has 0 radical (unpaired) electrons. The molecule has 2 aromatic carbocycles. The minimum Gasteiger partial charge on any atom is -0.334 e. The van der Waals surface area contributed by atoms with Crippen molar-refractivity contribution in [1.82, 2.24) is 14.9 Å². The molecule has 0 bridgehead atoms. The van der Waals surface area contributed by atoms with Gasteiger partial charge < -0.3 is 11.2 Å². The summed E-state index contributed by atoms with van der Waals surface area (Å²) in [5, 5.41) is 9.85. The van der Waals surface area contributed by atoms with E-state index in [4.69, 9.17) is 17.4 Å². The number of anilines is 2. The van der Waals surface area contributed by atoms with E-state index in [2.05, 4.69) is 15.5 Å². The summed E-state index contributed by atoms with van der Waals surface area (Å²) in [6.45, 7) is 0. The number of nitrogen functional groups attached to an aromatic ring is 1. The van der Waals surface area contributed by atoms with Crippen molar-refractivity contribution in [3.8, 4) is 0 Å². The van der Waals surface area contributed by atoms with Gasteiger partial charge in [-0.25, -0.2) is 0 Å². The second kappa shape index (κ2) is 8.11. The van der Waals surface area contributed by atoms with E-state index in [9.17, 15) is 18.0 Å². The summed E-state index contributed by atoms with van der Waals surface area (Å²) >= 11 is 6.79. The van der Waals surface area contributed by atoms with Crippen LogP contribution >= 0.6 is 23.4 Å². The van der Waals surface area contributed by atoms with Gasteiger partial charge in [0.1, 0.15) is 0 Å². The number of alkyl halides is 3. The van der Waals surface area contributed by atoms with Gasteiger partial charge in [0.05, 0.1) is 10.6 Å². The topological polar surface area (TPSA) is 85.8 Å². The molecule has 0 amide bonds. The zero-order chi connectivity index (χ0) is 20.3.